The molecule has 0 amide bonds. The van der Waals surface area contributed by atoms with E-state index in [1.54, 1.807) is 0 Å². The zero-order valence-electron chi connectivity index (χ0n) is 9.86. The first-order chi connectivity index (χ1) is 8.47. The Bertz CT molecular complexity index is 408. The lowest BCUT2D eigenvalue weighted by Gasteiger charge is -2.23. The van der Waals surface area contributed by atoms with Crippen molar-refractivity contribution in [1.82, 2.24) is 5.32 Å². The number of piperidine rings is 1. The molecule has 0 radical (unpaired) electrons. The SMILES string of the molecule is Fc1ccc(C(F)(F)F)cc1CC1CCCNC1. The fourth-order valence-electron chi connectivity index (χ4n) is 2.32. The third kappa shape index (κ3) is 3.22. The second kappa shape index (κ2) is 5.26. The van der Waals surface area contributed by atoms with Crippen LogP contribution in [0.4, 0.5) is 17.6 Å². The van der Waals surface area contributed by atoms with E-state index in [9.17, 15) is 17.6 Å². The van der Waals surface area contributed by atoms with Crippen LogP contribution in [0.2, 0.25) is 0 Å². The number of nitrogens with one attached hydrogen (secondary N) is 1. The summed E-state index contributed by atoms with van der Waals surface area (Å²) in [5, 5.41) is 3.17. The molecule has 1 heterocycles. The Morgan fingerprint density at radius 3 is 2.67 bits per heavy atom. The third-order valence-corrected chi connectivity index (χ3v) is 3.28. The van der Waals surface area contributed by atoms with E-state index in [4.69, 9.17) is 0 Å². The van der Waals surface area contributed by atoms with E-state index in [1.807, 2.05) is 0 Å². The maximum Gasteiger partial charge on any atom is 0.416 e. The van der Waals surface area contributed by atoms with Gasteiger partial charge in [0.05, 0.1) is 5.56 Å². The van der Waals surface area contributed by atoms with Crippen molar-refractivity contribution in [2.45, 2.75) is 25.4 Å². The van der Waals surface area contributed by atoms with Gasteiger partial charge in [0.2, 0.25) is 0 Å². The molecule has 0 spiro atoms. The van der Waals surface area contributed by atoms with Crippen LogP contribution in [-0.2, 0) is 12.6 Å². The number of halogens is 4. The van der Waals surface area contributed by atoms with Gasteiger partial charge in [-0.05, 0) is 62.0 Å². The van der Waals surface area contributed by atoms with Crippen LogP contribution in [0.15, 0.2) is 18.2 Å². The van der Waals surface area contributed by atoms with Gasteiger partial charge in [0.25, 0.3) is 0 Å². The number of hydrogen-bond acceptors (Lipinski definition) is 1. The minimum absolute atomic E-state index is 0.165. The van der Waals surface area contributed by atoms with E-state index < -0.39 is 17.6 Å². The van der Waals surface area contributed by atoms with Crippen molar-refractivity contribution in [2.24, 2.45) is 5.92 Å². The third-order valence-electron chi connectivity index (χ3n) is 3.28. The second-order valence-corrected chi connectivity index (χ2v) is 4.72. The Hall–Kier alpha value is -1.10. The minimum atomic E-state index is -4.41. The normalized spacial score (nSPS) is 21.0. The number of hydrogen-bond donors (Lipinski definition) is 1. The molecule has 1 aromatic carbocycles. The van der Waals surface area contributed by atoms with Crippen molar-refractivity contribution in [3.63, 3.8) is 0 Å². The highest BCUT2D eigenvalue weighted by Crippen LogP contribution is 2.31. The van der Waals surface area contributed by atoms with Crippen molar-refractivity contribution in [3.8, 4) is 0 Å². The molecule has 1 N–H and O–H groups in total. The maximum atomic E-state index is 13.5. The number of alkyl halides is 3. The van der Waals surface area contributed by atoms with Gasteiger partial charge >= 0.3 is 6.18 Å². The summed E-state index contributed by atoms with van der Waals surface area (Å²) < 4.78 is 51.2. The summed E-state index contributed by atoms with van der Waals surface area (Å²) in [6.45, 7) is 1.68. The van der Waals surface area contributed by atoms with E-state index in [-0.39, 0.29) is 11.5 Å². The number of rotatable bonds is 2. The summed E-state index contributed by atoms with van der Waals surface area (Å²) in [5.74, 6) is -0.328. The zero-order chi connectivity index (χ0) is 13.2. The van der Waals surface area contributed by atoms with Gasteiger partial charge in [0.15, 0.2) is 0 Å². The van der Waals surface area contributed by atoms with Crippen LogP contribution in [0, 0.1) is 11.7 Å². The largest absolute Gasteiger partial charge is 0.416 e. The molecule has 1 saturated heterocycles. The van der Waals surface area contributed by atoms with Gasteiger partial charge in [-0.25, -0.2) is 4.39 Å². The van der Waals surface area contributed by atoms with Crippen LogP contribution in [0.5, 0.6) is 0 Å². The smallest absolute Gasteiger partial charge is 0.316 e. The quantitative estimate of drug-likeness (QED) is 0.805. The van der Waals surface area contributed by atoms with Gasteiger partial charge in [-0.3, -0.25) is 0 Å². The lowest BCUT2D eigenvalue weighted by Crippen LogP contribution is -2.31. The standard InChI is InChI=1S/C13H15F4N/c14-12-4-3-11(13(15,16)17)7-10(12)6-9-2-1-5-18-8-9/h3-4,7,9,18H,1-2,5-6,8H2. The molecule has 0 bridgehead atoms. The van der Waals surface area contributed by atoms with Crippen LogP contribution in [0.25, 0.3) is 0 Å². The predicted molar refractivity (Wildman–Crippen MR) is 60.7 cm³/mol. The van der Waals surface area contributed by atoms with Crippen LogP contribution < -0.4 is 5.32 Å². The Morgan fingerprint density at radius 1 is 1.28 bits per heavy atom. The molecule has 1 aliphatic heterocycles. The second-order valence-electron chi connectivity index (χ2n) is 4.72. The highest BCUT2D eigenvalue weighted by atomic mass is 19.4. The summed E-state index contributed by atoms with van der Waals surface area (Å²) >= 11 is 0. The van der Waals surface area contributed by atoms with E-state index >= 15 is 0 Å². The van der Waals surface area contributed by atoms with Crippen LogP contribution >= 0.6 is 0 Å². The summed E-state index contributed by atoms with van der Waals surface area (Å²) in [6, 6.07) is 2.64. The lowest BCUT2D eigenvalue weighted by atomic mass is 9.91. The van der Waals surface area contributed by atoms with Crippen LogP contribution in [0.1, 0.15) is 24.0 Å². The molecular weight excluding hydrogens is 246 g/mol. The molecule has 18 heavy (non-hydrogen) atoms. The van der Waals surface area contributed by atoms with Crippen molar-refractivity contribution in [3.05, 3.63) is 35.1 Å². The minimum Gasteiger partial charge on any atom is -0.316 e. The molecule has 2 rings (SSSR count). The highest BCUT2D eigenvalue weighted by Gasteiger charge is 2.31. The Balaban J connectivity index is 2.15. The first-order valence-electron chi connectivity index (χ1n) is 6.03. The molecule has 1 aliphatic rings. The van der Waals surface area contributed by atoms with Gasteiger partial charge in [0.1, 0.15) is 5.82 Å². The topological polar surface area (TPSA) is 12.0 Å². The van der Waals surface area contributed by atoms with E-state index in [0.717, 1.165) is 44.1 Å². The lowest BCUT2D eigenvalue weighted by molar-refractivity contribution is -0.137. The molecule has 1 unspecified atom stereocenters. The first kappa shape index (κ1) is 13.3. The van der Waals surface area contributed by atoms with Crippen molar-refractivity contribution >= 4 is 0 Å². The van der Waals surface area contributed by atoms with Gasteiger partial charge in [-0.1, -0.05) is 0 Å². The Kier molecular flexibility index (Phi) is 3.90. The molecule has 0 aliphatic carbocycles. The molecule has 0 aromatic heterocycles. The van der Waals surface area contributed by atoms with Crippen molar-refractivity contribution in [1.29, 1.82) is 0 Å². The van der Waals surface area contributed by atoms with Crippen molar-refractivity contribution in [2.75, 3.05) is 13.1 Å². The Morgan fingerprint density at radius 2 is 2.06 bits per heavy atom. The summed E-state index contributed by atoms with van der Waals surface area (Å²) in [4.78, 5) is 0. The summed E-state index contributed by atoms with van der Waals surface area (Å²) in [6.07, 6.45) is -2.12. The van der Waals surface area contributed by atoms with Gasteiger partial charge in [-0.15, -0.1) is 0 Å². The molecular formula is C13H15F4N. The molecule has 5 heteroatoms. The Labute approximate surface area is 103 Å². The van der Waals surface area contributed by atoms with Gasteiger partial charge in [-0.2, -0.15) is 13.2 Å². The molecule has 1 fully saturated rings. The van der Waals surface area contributed by atoms with Gasteiger partial charge < -0.3 is 5.32 Å². The molecule has 100 valence electrons. The fraction of sp³-hybridized carbons (Fsp3) is 0.538. The van der Waals surface area contributed by atoms with E-state index in [1.165, 1.54) is 0 Å². The first-order valence-corrected chi connectivity index (χ1v) is 6.03. The zero-order valence-corrected chi connectivity index (χ0v) is 9.86. The average molecular weight is 261 g/mol. The van der Waals surface area contributed by atoms with Crippen LogP contribution in [-0.4, -0.2) is 13.1 Å². The predicted octanol–water partition coefficient (Wildman–Crippen LogP) is 3.39. The summed E-state index contributed by atoms with van der Waals surface area (Å²) in [5.41, 5.74) is -0.610. The maximum absolute atomic E-state index is 13.5. The van der Waals surface area contributed by atoms with Crippen molar-refractivity contribution < 1.29 is 17.6 Å². The fourth-order valence-corrected chi connectivity index (χ4v) is 2.32. The molecule has 1 atom stereocenters. The molecule has 1 nitrogen and oxygen atoms in total. The number of benzene rings is 1. The highest BCUT2D eigenvalue weighted by molar-refractivity contribution is 5.27. The average Bonchev–Trinajstić information content (AvgIpc) is 2.32. The summed E-state index contributed by atoms with van der Waals surface area (Å²) in [7, 11) is 0. The van der Waals surface area contributed by atoms with Gasteiger partial charge in [0, 0.05) is 0 Å². The van der Waals surface area contributed by atoms with E-state index in [0.29, 0.717) is 6.42 Å². The monoisotopic (exact) mass is 261 g/mol. The van der Waals surface area contributed by atoms with Crippen LogP contribution in [0.3, 0.4) is 0 Å². The molecule has 0 saturated carbocycles. The van der Waals surface area contributed by atoms with E-state index in [2.05, 4.69) is 5.32 Å². The molecule has 1 aromatic rings.